The van der Waals surface area contributed by atoms with E-state index in [-0.39, 0.29) is 11.3 Å². The van der Waals surface area contributed by atoms with Crippen molar-refractivity contribution in [2.45, 2.75) is 64.3 Å². The minimum Gasteiger partial charge on any atom is -0.508 e. The highest BCUT2D eigenvalue weighted by molar-refractivity contribution is 5.73. The van der Waals surface area contributed by atoms with Gasteiger partial charge in [0, 0.05) is 12.0 Å². The summed E-state index contributed by atoms with van der Waals surface area (Å²) in [5.74, 6) is -0.450. The van der Waals surface area contributed by atoms with Crippen molar-refractivity contribution >= 4 is 5.97 Å². The highest BCUT2D eigenvalue weighted by Crippen LogP contribution is 2.37. The van der Waals surface area contributed by atoms with Crippen LogP contribution >= 0.6 is 0 Å². The maximum absolute atomic E-state index is 10.2. The maximum Gasteiger partial charge on any atom is 0.320 e. The van der Waals surface area contributed by atoms with Gasteiger partial charge >= 0.3 is 5.97 Å². The monoisotopic (exact) mass is 364 g/mol. The van der Waals surface area contributed by atoms with E-state index in [2.05, 4.69) is 24.9 Å². The SMILES string of the molecule is CCC(C)C(N)C(=O)O.CCC1(c2cccc(O)c2)CCCCN(C)C1. The molecule has 0 saturated carbocycles. The first-order valence-electron chi connectivity index (χ1n) is 9.72. The lowest BCUT2D eigenvalue weighted by atomic mass is 9.74. The lowest BCUT2D eigenvalue weighted by Gasteiger charge is -2.35. The normalized spacial score (nSPS) is 23.3. The molecule has 5 nitrogen and oxygen atoms in total. The molecule has 0 aromatic heterocycles. The summed E-state index contributed by atoms with van der Waals surface area (Å²) >= 11 is 0. The van der Waals surface area contributed by atoms with Gasteiger partial charge in [-0.3, -0.25) is 4.79 Å². The summed E-state index contributed by atoms with van der Waals surface area (Å²) in [6.07, 6.45) is 5.76. The van der Waals surface area contributed by atoms with Crippen LogP contribution in [0.15, 0.2) is 24.3 Å². The van der Waals surface area contributed by atoms with Crippen molar-refractivity contribution in [3.63, 3.8) is 0 Å². The Morgan fingerprint density at radius 2 is 2.04 bits per heavy atom. The molecule has 0 spiro atoms. The molecule has 2 rings (SSSR count). The summed E-state index contributed by atoms with van der Waals surface area (Å²) in [4.78, 5) is 12.6. The topological polar surface area (TPSA) is 86.8 Å². The van der Waals surface area contributed by atoms with Gasteiger partial charge in [0.25, 0.3) is 0 Å². The predicted molar refractivity (Wildman–Crippen MR) is 106 cm³/mol. The first kappa shape index (κ1) is 22.5. The molecule has 1 heterocycles. The molecule has 148 valence electrons. The average molecular weight is 365 g/mol. The van der Waals surface area contributed by atoms with Crippen molar-refractivity contribution in [2.24, 2.45) is 11.7 Å². The van der Waals surface area contributed by atoms with Crippen LogP contribution < -0.4 is 5.73 Å². The molecular formula is C21H36N2O3. The maximum atomic E-state index is 10.2. The van der Waals surface area contributed by atoms with E-state index in [1.54, 1.807) is 6.07 Å². The molecule has 5 heteroatoms. The Morgan fingerprint density at radius 1 is 1.35 bits per heavy atom. The fourth-order valence-corrected chi connectivity index (χ4v) is 3.58. The number of benzene rings is 1. The minimum absolute atomic E-state index is 0.0718. The number of nitrogens with zero attached hydrogens (tertiary/aromatic N) is 1. The van der Waals surface area contributed by atoms with Crippen molar-refractivity contribution in [1.82, 2.24) is 4.90 Å². The van der Waals surface area contributed by atoms with E-state index in [4.69, 9.17) is 10.8 Å². The van der Waals surface area contributed by atoms with Crippen LogP contribution in [0.5, 0.6) is 5.75 Å². The summed E-state index contributed by atoms with van der Waals surface area (Å²) in [6.45, 7) is 8.32. The molecule has 26 heavy (non-hydrogen) atoms. The summed E-state index contributed by atoms with van der Waals surface area (Å²) in [5.41, 5.74) is 6.80. The van der Waals surface area contributed by atoms with Crippen LogP contribution in [0.2, 0.25) is 0 Å². The number of rotatable bonds is 5. The summed E-state index contributed by atoms with van der Waals surface area (Å²) in [7, 11) is 2.21. The molecule has 1 aliphatic rings. The van der Waals surface area contributed by atoms with Gasteiger partial charge in [-0.15, -0.1) is 0 Å². The molecule has 0 radical (unpaired) electrons. The van der Waals surface area contributed by atoms with Crippen LogP contribution in [0.1, 0.15) is 58.4 Å². The van der Waals surface area contributed by atoms with E-state index in [0.29, 0.717) is 5.75 Å². The quantitative estimate of drug-likeness (QED) is 0.743. The number of hydrogen-bond donors (Lipinski definition) is 3. The Bertz CT molecular complexity index is 564. The summed E-state index contributed by atoms with van der Waals surface area (Å²) in [5, 5.41) is 18.0. The largest absolute Gasteiger partial charge is 0.508 e. The number of nitrogens with two attached hydrogens (primary N) is 1. The zero-order valence-corrected chi connectivity index (χ0v) is 16.7. The Labute approximate surface area is 158 Å². The van der Waals surface area contributed by atoms with Gasteiger partial charge in [-0.2, -0.15) is 0 Å². The lowest BCUT2D eigenvalue weighted by Crippen LogP contribution is -2.37. The number of phenols is 1. The molecule has 0 aliphatic carbocycles. The number of phenolic OH excluding ortho intramolecular Hbond substituents is 1. The van der Waals surface area contributed by atoms with Gasteiger partial charge < -0.3 is 20.8 Å². The Morgan fingerprint density at radius 3 is 2.54 bits per heavy atom. The molecular weight excluding hydrogens is 328 g/mol. The van der Waals surface area contributed by atoms with Crippen LogP contribution in [0.3, 0.4) is 0 Å². The lowest BCUT2D eigenvalue weighted by molar-refractivity contribution is -0.139. The fraction of sp³-hybridized carbons (Fsp3) is 0.667. The molecule has 1 aromatic rings. The first-order chi connectivity index (χ1) is 12.3. The fourth-order valence-electron chi connectivity index (χ4n) is 3.58. The van der Waals surface area contributed by atoms with Gasteiger partial charge in [0.15, 0.2) is 0 Å². The third-order valence-electron chi connectivity index (χ3n) is 5.70. The summed E-state index contributed by atoms with van der Waals surface area (Å²) < 4.78 is 0. The van der Waals surface area contributed by atoms with E-state index in [0.717, 1.165) is 19.4 Å². The number of likely N-dealkylation sites (tertiary alicyclic amines) is 1. The molecule has 3 unspecified atom stereocenters. The molecule has 1 fully saturated rings. The number of likely N-dealkylation sites (N-methyl/N-ethyl adjacent to an activating group) is 1. The van der Waals surface area contributed by atoms with Gasteiger partial charge in [-0.1, -0.05) is 45.7 Å². The van der Waals surface area contributed by atoms with Crippen molar-refractivity contribution in [3.8, 4) is 5.75 Å². The van der Waals surface area contributed by atoms with Gasteiger partial charge in [-0.05, 0) is 56.5 Å². The second-order valence-electron chi connectivity index (χ2n) is 7.63. The zero-order valence-electron chi connectivity index (χ0n) is 16.7. The standard InChI is InChI=1S/C15H23NO.C6H13NO2/c1-3-15(9-4-5-10-16(2)12-15)13-7-6-8-14(17)11-13;1-3-4(2)5(7)6(8)9/h6-8,11,17H,3-5,9-10,12H2,1-2H3;4-5H,3,7H2,1-2H3,(H,8,9). The molecule has 4 N–H and O–H groups in total. The van der Waals surface area contributed by atoms with Crippen LogP contribution in [-0.4, -0.2) is 47.3 Å². The number of aliphatic carboxylic acids is 1. The number of carboxylic acid groups (broad SMARTS) is 1. The predicted octanol–water partition coefficient (Wildman–Crippen LogP) is 3.60. The van der Waals surface area contributed by atoms with Crippen LogP contribution in [-0.2, 0) is 10.2 Å². The van der Waals surface area contributed by atoms with E-state index >= 15 is 0 Å². The van der Waals surface area contributed by atoms with Crippen molar-refractivity contribution in [2.75, 3.05) is 20.1 Å². The van der Waals surface area contributed by atoms with Gasteiger partial charge in [0.1, 0.15) is 11.8 Å². The van der Waals surface area contributed by atoms with E-state index in [1.165, 1.54) is 31.4 Å². The van der Waals surface area contributed by atoms with Crippen molar-refractivity contribution < 1.29 is 15.0 Å². The third kappa shape index (κ3) is 6.29. The molecule has 0 amide bonds. The summed E-state index contributed by atoms with van der Waals surface area (Å²) in [6, 6.07) is 7.14. The van der Waals surface area contributed by atoms with E-state index < -0.39 is 12.0 Å². The van der Waals surface area contributed by atoms with Gasteiger partial charge in [-0.25, -0.2) is 0 Å². The van der Waals surface area contributed by atoms with Gasteiger partial charge in [0.05, 0.1) is 0 Å². The Kier molecular flexibility index (Phi) is 9.09. The second-order valence-corrected chi connectivity index (χ2v) is 7.63. The zero-order chi connectivity index (χ0) is 19.7. The van der Waals surface area contributed by atoms with Crippen LogP contribution in [0.4, 0.5) is 0 Å². The van der Waals surface area contributed by atoms with E-state index in [9.17, 15) is 9.90 Å². The highest BCUT2D eigenvalue weighted by atomic mass is 16.4. The van der Waals surface area contributed by atoms with Crippen LogP contribution in [0.25, 0.3) is 0 Å². The molecule has 3 atom stereocenters. The Balaban J connectivity index is 0.000000321. The minimum atomic E-state index is -0.913. The number of hydrogen-bond acceptors (Lipinski definition) is 4. The molecule has 0 bridgehead atoms. The number of aromatic hydroxyl groups is 1. The second kappa shape index (κ2) is 10.5. The first-order valence-corrected chi connectivity index (χ1v) is 9.72. The smallest absolute Gasteiger partial charge is 0.320 e. The number of carboxylic acids is 1. The van der Waals surface area contributed by atoms with Gasteiger partial charge in [0.2, 0.25) is 0 Å². The van der Waals surface area contributed by atoms with Crippen molar-refractivity contribution in [3.05, 3.63) is 29.8 Å². The average Bonchev–Trinajstić information content (AvgIpc) is 2.83. The number of carbonyl (C=O) groups is 1. The van der Waals surface area contributed by atoms with Crippen LogP contribution in [0, 0.1) is 5.92 Å². The third-order valence-corrected chi connectivity index (χ3v) is 5.70. The molecule has 1 aromatic carbocycles. The van der Waals surface area contributed by atoms with E-state index in [1.807, 2.05) is 26.0 Å². The Hall–Kier alpha value is -1.59. The molecule has 1 saturated heterocycles. The highest BCUT2D eigenvalue weighted by Gasteiger charge is 2.33. The van der Waals surface area contributed by atoms with Crippen molar-refractivity contribution in [1.29, 1.82) is 0 Å². The molecule has 1 aliphatic heterocycles.